The van der Waals surface area contributed by atoms with E-state index in [0.717, 1.165) is 18.4 Å². The van der Waals surface area contributed by atoms with Crippen LogP contribution in [0.5, 0.6) is 0 Å². The summed E-state index contributed by atoms with van der Waals surface area (Å²) in [4.78, 5) is 14.0. The maximum atomic E-state index is 13.7. The quantitative estimate of drug-likeness (QED) is 0.891. The van der Waals surface area contributed by atoms with E-state index in [4.69, 9.17) is 0 Å². The third kappa shape index (κ3) is 3.13. The highest BCUT2D eigenvalue weighted by Crippen LogP contribution is 2.22. The van der Waals surface area contributed by atoms with Crippen molar-refractivity contribution in [3.63, 3.8) is 0 Å². The number of aliphatic hydroxyl groups is 1. The van der Waals surface area contributed by atoms with Gasteiger partial charge in [-0.2, -0.15) is 0 Å². The van der Waals surface area contributed by atoms with Crippen molar-refractivity contribution >= 4 is 5.91 Å². The fourth-order valence-corrected chi connectivity index (χ4v) is 2.56. The summed E-state index contributed by atoms with van der Waals surface area (Å²) >= 11 is 0. The minimum Gasteiger partial charge on any atom is -0.393 e. The summed E-state index contributed by atoms with van der Waals surface area (Å²) < 4.78 is 13.7. The average molecular weight is 265 g/mol. The maximum absolute atomic E-state index is 13.7. The molecule has 0 saturated carbocycles. The number of amides is 1. The monoisotopic (exact) mass is 265 g/mol. The van der Waals surface area contributed by atoms with Crippen molar-refractivity contribution in [1.82, 2.24) is 4.90 Å². The van der Waals surface area contributed by atoms with Crippen LogP contribution >= 0.6 is 0 Å². The van der Waals surface area contributed by atoms with E-state index in [2.05, 4.69) is 0 Å². The number of nitrogens with zero attached hydrogens (tertiary/aromatic N) is 1. The van der Waals surface area contributed by atoms with Gasteiger partial charge in [0.1, 0.15) is 5.82 Å². The Morgan fingerprint density at radius 3 is 2.95 bits per heavy atom. The molecule has 104 valence electrons. The molecule has 1 fully saturated rings. The number of carbonyl (C=O) groups is 1. The SMILES string of the molecule is Cc1ccc(F)c(C(=O)N2CCCC(C(C)O)C2)c1. The molecule has 0 aliphatic carbocycles. The first-order chi connectivity index (χ1) is 8.99. The van der Waals surface area contributed by atoms with Gasteiger partial charge in [0, 0.05) is 19.0 Å². The number of likely N-dealkylation sites (tertiary alicyclic amines) is 1. The van der Waals surface area contributed by atoms with Crippen molar-refractivity contribution < 1.29 is 14.3 Å². The Morgan fingerprint density at radius 1 is 1.53 bits per heavy atom. The van der Waals surface area contributed by atoms with Crippen molar-refractivity contribution in [1.29, 1.82) is 0 Å². The Labute approximate surface area is 113 Å². The van der Waals surface area contributed by atoms with E-state index < -0.39 is 11.9 Å². The van der Waals surface area contributed by atoms with Crippen LogP contribution in [0, 0.1) is 18.7 Å². The van der Waals surface area contributed by atoms with E-state index in [-0.39, 0.29) is 17.4 Å². The summed E-state index contributed by atoms with van der Waals surface area (Å²) in [5.41, 5.74) is 1.00. The van der Waals surface area contributed by atoms with Gasteiger partial charge in [0.2, 0.25) is 0 Å². The molecule has 3 nitrogen and oxygen atoms in total. The normalized spacial score (nSPS) is 21.3. The Morgan fingerprint density at radius 2 is 2.26 bits per heavy atom. The number of piperidine rings is 1. The number of aliphatic hydroxyl groups excluding tert-OH is 1. The van der Waals surface area contributed by atoms with Crippen LogP contribution in [0.4, 0.5) is 4.39 Å². The molecule has 0 bridgehead atoms. The molecule has 2 rings (SSSR count). The number of aryl methyl sites for hydroxylation is 1. The second-order valence-corrected chi connectivity index (χ2v) is 5.38. The molecule has 1 aliphatic heterocycles. The second-order valence-electron chi connectivity index (χ2n) is 5.38. The van der Waals surface area contributed by atoms with Crippen LogP contribution in [0.15, 0.2) is 18.2 Å². The summed E-state index contributed by atoms with van der Waals surface area (Å²) in [5, 5.41) is 9.63. The van der Waals surface area contributed by atoms with E-state index in [1.54, 1.807) is 24.0 Å². The van der Waals surface area contributed by atoms with Crippen molar-refractivity contribution in [2.24, 2.45) is 5.92 Å². The fraction of sp³-hybridized carbons (Fsp3) is 0.533. The first-order valence-electron chi connectivity index (χ1n) is 6.72. The van der Waals surface area contributed by atoms with Crippen molar-refractivity contribution in [2.45, 2.75) is 32.8 Å². The molecule has 4 heteroatoms. The zero-order valence-corrected chi connectivity index (χ0v) is 11.4. The highest BCUT2D eigenvalue weighted by atomic mass is 19.1. The van der Waals surface area contributed by atoms with E-state index in [1.165, 1.54) is 6.07 Å². The molecule has 1 saturated heterocycles. The number of hydrogen-bond acceptors (Lipinski definition) is 2. The summed E-state index contributed by atoms with van der Waals surface area (Å²) in [7, 11) is 0. The average Bonchev–Trinajstić information content (AvgIpc) is 2.41. The van der Waals surface area contributed by atoms with Crippen LogP contribution in [0.3, 0.4) is 0 Å². The molecule has 1 aromatic carbocycles. The largest absolute Gasteiger partial charge is 0.393 e. The number of carbonyl (C=O) groups excluding carboxylic acids is 1. The molecule has 1 heterocycles. The van der Waals surface area contributed by atoms with Crippen molar-refractivity contribution in [3.8, 4) is 0 Å². The summed E-state index contributed by atoms with van der Waals surface area (Å²) in [5.74, 6) is -0.660. The summed E-state index contributed by atoms with van der Waals surface area (Å²) in [6.45, 7) is 4.72. The summed E-state index contributed by atoms with van der Waals surface area (Å²) in [6.07, 6.45) is 1.34. The van der Waals surface area contributed by atoms with Gasteiger partial charge in [-0.1, -0.05) is 11.6 Å². The molecule has 1 N–H and O–H groups in total. The minimum atomic E-state index is -0.477. The van der Waals surface area contributed by atoms with Gasteiger partial charge >= 0.3 is 0 Å². The van der Waals surface area contributed by atoms with Crippen molar-refractivity contribution in [3.05, 3.63) is 35.1 Å². The summed E-state index contributed by atoms with van der Waals surface area (Å²) in [6, 6.07) is 4.57. The zero-order valence-electron chi connectivity index (χ0n) is 11.4. The van der Waals surface area contributed by atoms with Crippen LogP contribution in [0.2, 0.25) is 0 Å². The van der Waals surface area contributed by atoms with E-state index in [0.29, 0.717) is 13.1 Å². The second kappa shape index (κ2) is 5.70. The number of rotatable bonds is 2. The maximum Gasteiger partial charge on any atom is 0.256 e. The Hall–Kier alpha value is -1.42. The van der Waals surface area contributed by atoms with Crippen LogP contribution in [-0.2, 0) is 0 Å². The molecule has 19 heavy (non-hydrogen) atoms. The molecule has 0 aromatic heterocycles. The topological polar surface area (TPSA) is 40.5 Å². The lowest BCUT2D eigenvalue weighted by atomic mass is 9.93. The van der Waals surface area contributed by atoms with E-state index in [9.17, 15) is 14.3 Å². The van der Waals surface area contributed by atoms with Gasteiger partial charge in [-0.3, -0.25) is 4.79 Å². The van der Waals surface area contributed by atoms with Crippen LogP contribution < -0.4 is 0 Å². The third-order valence-electron chi connectivity index (χ3n) is 3.78. The molecule has 1 aliphatic rings. The molecule has 0 spiro atoms. The predicted molar refractivity (Wildman–Crippen MR) is 71.4 cm³/mol. The van der Waals surface area contributed by atoms with Crippen molar-refractivity contribution in [2.75, 3.05) is 13.1 Å². The van der Waals surface area contributed by atoms with Gasteiger partial charge in [0.05, 0.1) is 11.7 Å². The third-order valence-corrected chi connectivity index (χ3v) is 3.78. The first kappa shape index (κ1) is 14.0. The number of hydrogen-bond donors (Lipinski definition) is 1. The lowest BCUT2D eigenvalue weighted by molar-refractivity contribution is 0.0462. The van der Waals surface area contributed by atoms with Gasteiger partial charge in [-0.15, -0.1) is 0 Å². The van der Waals surface area contributed by atoms with Gasteiger partial charge in [-0.05, 0) is 38.8 Å². The Balaban J connectivity index is 2.17. The fourth-order valence-electron chi connectivity index (χ4n) is 2.56. The minimum absolute atomic E-state index is 0.0885. The molecule has 2 unspecified atom stereocenters. The highest BCUT2D eigenvalue weighted by molar-refractivity contribution is 5.94. The van der Waals surface area contributed by atoms with Gasteiger partial charge < -0.3 is 10.0 Å². The lowest BCUT2D eigenvalue weighted by Crippen LogP contribution is -2.43. The van der Waals surface area contributed by atoms with E-state index >= 15 is 0 Å². The molecular formula is C15H20FNO2. The Bertz CT molecular complexity index is 473. The number of benzene rings is 1. The molecule has 1 aromatic rings. The molecule has 1 amide bonds. The zero-order chi connectivity index (χ0) is 14.0. The number of halogens is 1. The van der Waals surface area contributed by atoms with Gasteiger partial charge in [0.25, 0.3) is 5.91 Å². The molecular weight excluding hydrogens is 245 g/mol. The molecule has 2 atom stereocenters. The predicted octanol–water partition coefficient (Wildman–Crippen LogP) is 2.37. The highest BCUT2D eigenvalue weighted by Gasteiger charge is 2.28. The standard InChI is InChI=1S/C15H20FNO2/c1-10-5-6-14(16)13(8-10)15(19)17-7-3-4-12(9-17)11(2)18/h5-6,8,11-12,18H,3-4,7,9H2,1-2H3. The van der Waals surface area contributed by atoms with E-state index in [1.807, 2.05) is 6.92 Å². The van der Waals surface area contributed by atoms with Gasteiger partial charge in [-0.25, -0.2) is 4.39 Å². The lowest BCUT2D eigenvalue weighted by Gasteiger charge is -2.34. The van der Waals surface area contributed by atoms with Crippen LogP contribution in [-0.4, -0.2) is 35.1 Å². The smallest absolute Gasteiger partial charge is 0.256 e. The molecule has 0 radical (unpaired) electrons. The Kier molecular flexibility index (Phi) is 4.20. The van der Waals surface area contributed by atoms with Crippen LogP contribution in [0.25, 0.3) is 0 Å². The first-order valence-corrected chi connectivity index (χ1v) is 6.72. The van der Waals surface area contributed by atoms with Crippen LogP contribution in [0.1, 0.15) is 35.7 Å². The van der Waals surface area contributed by atoms with Gasteiger partial charge in [0.15, 0.2) is 0 Å².